The van der Waals surface area contributed by atoms with Crippen molar-refractivity contribution in [3.8, 4) is 46.0 Å². The van der Waals surface area contributed by atoms with E-state index in [1.165, 1.54) is 11.1 Å². The van der Waals surface area contributed by atoms with Crippen LogP contribution < -0.4 is 37.9 Å². The molecule has 8 heteroatoms. The molecule has 0 aliphatic carbocycles. The number of methoxy groups -OCH3 is 6. The maximum absolute atomic E-state index is 6.53. The molecule has 0 saturated heterocycles. The van der Waals surface area contributed by atoms with Gasteiger partial charge in [0, 0.05) is 48.2 Å². The van der Waals surface area contributed by atoms with Crippen LogP contribution in [0.15, 0.2) is 97.1 Å². The van der Waals surface area contributed by atoms with Crippen molar-refractivity contribution in [1.29, 1.82) is 0 Å². The number of hydrogen-bond donors (Lipinski definition) is 0. The number of hydrogen-bond acceptors (Lipinski definition) is 8. The maximum atomic E-state index is 6.53. The Hall–Kier alpha value is -6.02. The molecule has 0 heterocycles. The Morgan fingerprint density at radius 1 is 0.385 bits per heavy atom. The summed E-state index contributed by atoms with van der Waals surface area (Å²) in [4.78, 5) is 0. The van der Waals surface area contributed by atoms with Gasteiger partial charge in [0.15, 0.2) is 0 Å². The summed E-state index contributed by atoms with van der Waals surface area (Å²) in [5.74, 6) is 5.07. The zero-order valence-corrected chi connectivity index (χ0v) is 30.6. The van der Waals surface area contributed by atoms with Gasteiger partial charge in [0.25, 0.3) is 0 Å². The number of rotatable bonds is 18. The molecule has 0 aliphatic heterocycles. The van der Waals surface area contributed by atoms with Crippen LogP contribution in [0.1, 0.15) is 33.4 Å². The largest absolute Gasteiger partial charge is 0.496 e. The topological polar surface area (TPSA) is 73.8 Å². The summed E-state index contributed by atoms with van der Waals surface area (Å²) in [6.45, 7) is 0.940. The average Bonchev–Trinajstić information content (AvgIpc) is 3.19. The van der Waals surface area contributed by atoms with E-state index in [0.717, 1.165) is 35.1 Å². The molecule has 0 radical (unpaired) electrons. The second-order valence-electron chi connectivity index (χ2n) is 11.7. The number of ether oxygens (including phenoxy) is 8. The molecule has 0 N–H and O–H groups in total. The van der Waals surface area contributed by atoms with E-state index >= 15 is 0 Å². The highest BCUT2D eigenvalue weighted by molar-refractivity contribution is 5.83. The Morgan fingerprint density at radius 3 is 1.04 bits per heavy atom. The van der Waals surface area contributed by atoms with Crippen LogP contribution in [0.25, 0.3) is 24.3 Å². The van der Waals surface area contributed by atoms with E-state index in [-0.39, 0.29) is 0 Å². The highest BCUT2D eigenvalue weighted by Crippen LogP contribution is 2.39. The van der Waals surface area contributed by atoms with Crippen molar-refractivity contribution in [2.24, 2.45) is 0 Å². The van der Waals surface area contributed by atoms with Gasteiger partial charge in [-0.15, -0.1) is 0 Å². The second kappa shape index (κ2) is 18.8. The van der Waals surface area contributed by atoms with Gasteiger partial charge in [-0.25, -0.2) is 0 Å². The van der Waals surface area contributed by atoms with Crippen LogP contribution in [0.4, 0.5) is 0 Å². The van der Waals surface area contributed by atoms with Crippen LogP contribution >= 0.6 is 0 Å². The Labute approximate surface area is 306 Å². The molecule has 52 heavy (non-hydrogen) atoms. The second-order valence-corrected chi connectivity index (χ2v) is 11.7. The third-order valence-corrected chi connectivity index (χ3v) is 8.49. The smallest absolute Gasteiger partial charge is 0.133 e. The Bertz CT molecular complexity index is 1760. The predicted molar refractivity (Wildman–Crippen MR) is 208 cm³/mol. The molecule has 0 fully saturated rings. The fourth-order valence-electron chi connectivity index (χ4n) is 5.69. The van der Waals surface area contributed by atoms with Crippen LogP contribution in [-0.2, 0) is 12.8 Å². The first-order valence-electron chi connectivity index (χ1n) is 17.0. The first-order chi connectivity index (χ1) is 25.5. The summed E-state index contributed by atoms with van der Waals surface area (Å²) in [7, 11) is 9.71. The number of benzene rings is 5. The lowest BCUT2D eigenvalue weighted by Gasteiger charge is -2.17. The van der Waals surface area contributed by atoms with Crippen LogP contribution in [0.2, 0.25) is 0 Å². The van der Waals surface area contributed by atoms with Crippen molar-refractivity contribution in [3.05, 3.63) is 130 Å². The fraction of sp³-hybridized carbons (Fsp3) is 0.227. The van der Waals surface area contributed by atoms with Gasteiger partial charge in [-0.1, -0.05) is 72.8 Å². The van der Waals surface area contributed by atoms with Crippen molar-refractivity contribution >= 4 is 24.3 Å². The van der Waals surface area contributed by atoms with E-state index in [1.807, 2.05) is 97.1 Å². The Kier molecular flexibility index (Phi) is 13.5. The van der Waals surface area contributed by atoms with Gasteiger partial charge in [0.2, 0.25) is 0 Å². The molecule has 5 rings (SSSR count). The van der Waals surface area contributed by atoms with Gasteiger partial charge in [0.05, 0.1) is 67.0 Å². The molecule has 0 saturated carbocycles. The highest BCUT2D eigenvalue weighted by atomic mass is 16.5. The quantitative estimate of drug-likeness (QED) is 0.0837. The van der Waals surface area contributed by atoms with Crippen molar-refractivity contribution in [2.45, 2.75) is 12.8 Å². The summed E-state index contributed by atoms with van der Waals surface area (Å²) in [5, 5.41) is 0. The third kappa shape index (κ3) is 9.60. The van der Waals surface area contributed by atoms with Crippen molar-refractivity contribution < 1.29 is 37.9 Å². The van der Waals surface area contributed by atoms with Crippen LogP contribution in [-0.4, -0.2) is 55.9 Å². The third-order valence-electron chi connectivity index (χ3n) is 8.49. The van der Waals surface area contributed by atoms with Crippen LogP contribution in [0.3, 0.4) is 0 Å². The van der Waals surface area contributed by atoms with E-state index in [4.69, 9.17) is 37.9 Å². The van der Waals surface area contributed by atoms with E-state index in [0.29, 0.717) is 59.2 Å². The molecule has 0 atom stereocenters. The van der Waals surface area contributed by atoms with Crippen molar-refractivity contribution in [1.82, 2.24) is 0 Å². The molecule has 0 spiro atoms. The molecular weight excluding hydrogens is 656 g/mol. The van der Waals surface area contributed by atoms with Crippen LogP contribution in [0.5, 0.6) is 46.0 Å². The highest BCUT2D eigenvalue weighted by Gasteiger charge is 2.15. The minimum atomic E-state index is 0.470. The van der Waals surface area contributed by atoms with E-state index in [2.05, 4.69) is 24.3 Å². The first-order valence-corrected chi connectivity index (χ1v) is 17.0. The Morgan fingerprint density at radius 2 is 0.731 bits per heavy atom. The summed E-state index contributed by atoms with van der Waals surface area (Å²) in [6, 6.07) is 31.9. The van der Waals surface area contributed by atoms with E-state index in [9.17, 15) is 0 Å². The lowest BCUT2D eigenvalue weighted by molar-refractivity contribution is 0.312. The molecule has 8 nitrogen and oxygen atoms in total. The average molecular weight is 703 g/mol. The molecular formula is C44H46O8. The zero-order chi connectivity index (χ0) is 36.7. The molecule has 0 unspecified atom stereocenters. The molecule has 0 aliphatic rings. The lowest BCUT2D eigenvalue weighted by atomic mass is 10.0. The Balaban J connectivity index is 1.59. The minimum absolute atomic E-state index is 0.470. The zero-order valence-electron chi connectivity index (χ0n) is 30.6. The molecule has 5 aromatic rings. The van der Waals surface area contributed by atoms with Crippen LogP contribution in [0, 0.1) is 0 Å². The van der Waals surface area contributed by atoms with Gasteiger partial charge in [-0.2, -0.15) is 0 Å². The molecule has 270 valence electrons. The van der Waals surface area contributed by atoms with Crippen molar-refractivity contribution in [2.75, 3.05) is 55.9 Å². The molecule has 0 aromatic heterocycles. The van der Waals surface area contributed by atoms with Crippen molar-refractivity contribution in [3.63, 3.8) is 0 Å². The predicted octanol–water partition coefficient (Wildman–Crippen LogP) is 9.32. The van der Waals surface area contributed by atoms with Gasteiger partial charge in [-0.05, 0) is 35.4 Å². The molecule has 0 amide bonds. The monoisotopic (exact) mass is 702 g/mol. The SMILES string of the molecule is COc1cc(OC)c(/C=C/c2cc(OCCc3ccccc3)c(/C=C/c3c(OC)cc(OC)cc3OC)cc2OCCc2ccccc2)c(OC)c1. The standard InChI is InChI=1S/C44H46O8/c1-45-35-27-41(47-3)37(42(28-35)48-4)19-17-33-25-40(52-24-22-32-15-11-8-12-16-32)34(26-39(33)51-23-21-31-13-9-7-10-14-31)18-20-38-43(49-5)29-36(46-2)30-44(38)50-6/h7-20,25-30H,21-24H2,1-6H3/b19-17+,20-18+. The molecule has 5 aromatic carbocycles. The normalized spacial score (nSPS) is 11.0. The summed E-state index contributed by atoms with van der Waals surface area (Å²) >= 11 is 0. The van der Waals surface area contributed by atoms with Gasteiger partial charge < -0.3 is 37.9 Å². The minimum Gasteiger partial charge on any atom is -0.496 e. The van der Waals surface area contributed by atoms with E-state index in [1.54, 1.807) is 42.7 Å². The maximum Gasteiger partial charge on any atom is 0.133 e. The summed E-state index contributed by atoms with van der Waals surface area (Å²) < 4.78 is 46.9. The van der Waals surface area contributed by atoms with Gasteiger partial charge in [-0.3, -0.25) is 0 Å². The van der Waals surface area contributed by atoms with E-state index < -0.39 is 0 Å². The summed E-state index contributed by atoms with van der Waals surface area (Å²) in [6.07, 6.45) is 9.35. The van der Waals surface area contributed by atoms with Gasteiger partial charge in [0.1, 0.15) is 46.0 Å². The molecule has 0 bridgehead atoms. The van der Waals surface area contributed by atoms with Gasteiger partial charge >= 0.3 is 0 Å². The summed E-state index contributed by atoms with van der Waals surface area (Å²) in [5.41, 5.74) is 5.53. The lowest BCUT2D eigenvalue weighted by Crippen LogP contribution is -2.05. The first kappa shape index (κ1) is 37.2. The fourth-order valence-corrected chi connectivity index (χ4v) is 5.69.